The number of aromatic nitrogens is 2. The zero-order valence-electron chi connectivity index (χ0n) is 10.8. The summed E-state index contributed by atoms with van der Waals surface area (Å²) in [5.41, 5.74) is 0.377. The molecule has 0 saturated heterocycles. The average Bonchev–Trinajstić information content (AvgIpc) is 2.99. The third kappa shape index (κ3) is 2.73. The molecule has 0 N–H and O–H groups in total. The second-order valence-electron chi connectivity index (χ2n) is 4.39. The first-order valence-corrected chi connectivity index (χ1v) is 6.58. The Balaban J connectivity index is 2.03. The van der Waals surface area contributed by atoms with Gasteiger partial charge in [-0.3, -0.25) is 4.79 Å². The minimum absolute atomic E-state index is 0.0428. The van der Waals surface area contributed by atoms with Gasteiger partial charge in [0.2, 0.25) is 0 Å². The van der Waals surface area contributed by atoms with Crippen LogP contribution in [0.1, 0.15) is 5.56 Å². The summed E-state index contributed by atoms with van der Waals surface area (Å²) in [6, 6.07) is 10.7. The normalized spacial score (nSPS) is 10.8. The number of nitrogens with zero attached hydrogens (tertiary/aromatic N) is 2. The van der Waals surface area contributed by atoms with Gasteiger partial charge in [0.1, 0.15) is 11.5 Å². The van der Waals surface area contributed by atoms with Gasteiger partial charge in [0, 0.05) is 16.7 Å². The maximum atomic E-state index is 13.8. The molecule has 2 heterocycles. The van der Waals surface area contributed by atoms with Crippen molar-refractivity contribution in [3.63, 3.8) is 0 Å². The Hall–Kier alpha value is -2.40. The van der Waals surface area contributed by atoms with Crippen molar-refractivity contribution in [2.75, 3.05) is 0 Å². The molecule has 0 spiro atoms. The van der Waals surface area contributed by atoms with E-state index < -0.39 is 5.82 Å². The minimum atomic E-state index is -0.473. The molecule has 3 rings (SSSR count). The third-order valence-electron chi connectivity index (χ3n) is 3.01. The number of benzene rings is 1. The third-order valence-corrected chi connectivity index (χ3v) is 3.36. The van der Waals surface area contributed by atoms with E-state index in [1.165, 1.54) is 24.5 Å². The Morgan fingerprint density at radius 3 is 2.76 bits per heavy atom. The second-order valence-corrected chi connectivity index (χ2v) is 4.80. The quantitative estimate of drug-likeness (QED) is 0.745. The summed E-state index contributed by atoms with van der Waals surface area (Å²) < 4.78 is 20.2. The highest BCUT2D eigenvalue weighted by atomic mass is 35.5. The van der Waals surface area contributed by atoms with Crippen molar-refractivity contribution in [2.45, 2.75) is 6.54 Å². The summed E-state index contributed by atoms with van der Waals surface area (Å²) in [5.74, 6) is 0.0583. The molecule has 0 aliphatic rings. The SMILES string of the molecule is O=c1ccc(-c2ccco2)nn1Cc1c(F)cccc1Cl. The number of furan rings is 1. The molecule has 0 aliphatic heterocycles. The van der Waals surface area contributed by atoms with E-state index >= 15 is 0 Å². The predicted octanol–water partition coefficient (Wildman–Crippen LogP) is 3.34. The van der Waals surface area contributed by atoms with Crippen molar-refractivity contribution in [2.24, 2.45) is 0 Å². The second kappa shape index (κ2) is 5.54. The van der Waals surface area contributed by atoms with Crippen molar-refractivity contribution >= 4 is 11.6 Å². The summed E-state index contributed by atoms with van der Waals surface area (Å²) >= 11 is 5.97. The van der Waals surface area contributed by atoms with Crippen LogP contribution >= 0.6 is 11.6 Å². The molecule has 0 amide bonds. The fraction of sp³-hybridized carbons (Fsp3) is 0.0667. The highest BCUT2D eigenvalue weighted by Crippen LogP contribution is 2.20. The Labute approximate surface area is 124 Å². The van der Waals surface area contributed by atoms with Crippen LogP contribution in [0.5, 0.6) is 0 Å². The van der Waals surface area contributed by atoms with Crippen LogP contribution in [-0.4, -0.2) is 9.78 Å². The van der Waals surface area contributed by atoms with Gasteiger partial charge in [0.05, 0.1) is 12.8 Å². The van der Waals surface area contributed by atoms with E-state index in [-0.39, 0.29) is 22.7 Å². The molecule has 0 aliphatic carbocycles. The molecule has 0 atom stereocenters. The summed E-state index contributed by atoms with van der Waals surface area (Å²) in [7, 11) is 0. The van der Waals surface area contributed by atoms with Crippen LogP contribution in [0.2, 0.25) is 5.02 Å². The molecular weight excluding hydrogens is 295 g/mol. The Bertz CT molecular complexity index is 808. The fourth-order valence-corrected chi connectivity index (χ4v) is 2.17. The maximum absolute atomic E-state index is 13.8. The molecule has 0 saturated carbocycles. The highest BCUT2D eigenvalue weighted by molar-refractivity contribution is 6.31. The van der Waals surface area contributed by atoms with Gasteiger partial charge >= 0.3 is 0 Å². The van der Waals surface area contributed by atoms with E-state index in [2.05, 4.69) is 5.10 Å². The van der Waals surface area contributed by atoms with Crippen molar-refractivity contribution in [1.29, 1.82) is 0 Å². The summed E-state index contributed by atoms with van der Waals surface area (Å²) in [6.07, 6.45) is 1.51. The van der Waals surface area contributed by atoms with Gasteiger partial charge in [-0.25, -0.2) is 9.07 Å². The Morgan fingerprint density at radius 2 is 2.05 bits per heavy atom. The van der Waals surface area contributed by atoms with Gasteiger partial charge in [-0.15, -0.1) is 0 Å². The molecule has 106 valence electrons. The molecule has 4 nitrogen and oxygen atoms in total. The van der Waals surface area contributed by atoms with Gasteiger partial charge in [0.15, 0.2) is 5.76 Å². The van der Waals surface area contributed by atoms with Crippen LogP contribution in [0.4, 0.5) is 4.39 Å². The van der Waals surface area contributed by atoms with E-state index in [4.69, 9.17) is 16.0 Å². The lowest BCUT2D eigenvalue weighted by atomic mass is 10.2. The summed E-state index contributed by atoms with van der Waals surface area (Å²) in [6.45, 7) is -0.0428. The molecule has 1 aromatic carbocycles. The van der Waals surface area contributed by atoms with Crippen LogP contribution in [0.25, 0.3) is 11.5 Å². The molecule has 2 aromatic heterocycles. The van der Waals surface area contributed by atoms with Crippen molar-refractivity contribution in [3.8, 4) is 11.5 Å². The lowest BCUT2D eigenvalue weighted by molar-refractivity contribution is 0.558. The Kier molecular flexibility index (Phi) is 3.58. The van der Waals surface area contributed by atoms with Gasteiger partial charge in [-0.05, 0) is 30.3 Å². The molecule has 0 bridgehead atoms. The predicted molar refractivity (Wildman–Crippen MR) is 76.7 cm³/mol. The van der Waals surface area contributed by atoms with Gasteiger partial charge in [-0.1, -0.05) is 17.7 Å². The van der Waals surface area contributed by atoms with E-state index in [9.17, 15) is 9.18 Å². The van der Waals surface area contributed by atoms with Crippen LogP contribution in [0, 0.1) is 5.82 Å². The summed E-state index contributed by atoms with van der Waals surface area (Å²) in [4.78, 5) is 11.9. The number of hydrogen-bond donors (Lipinski definition) is 0. The topological polar surface area (TPSA) is 48.0 Å². The van der Waals surface area contributed by atoms with Crippen LogP contribution in [-0.2, 0) is 6.54 Å². The lowest BCUT2D eigenvalue weighted by Crippen LogP contribution is -2.23. The largest absolute Gasteiger partial charge is 0.463 e. The van der Waals surface area contributed by atoms with E-state index in [1.807, 2.05) is 0 Å². The average molecular weight is 305 g/mol. The van der Waals surface area contributed by atoms with Gasteiger partial charge < -0.3 is 4.42 Å². The maximum Gasteiger partial charge on any atom is 0.267 e. The Morgan fingerprint density at radius 1 is 1.19 bits per heavy atom. The molecule has 0 radical (unpaired) electrons. The molecular formula is C15H10ClFN2O2. The molecule has 3 aromatic rings. The molecule has 6 heteroatoms. The first-order valence-electron chi connectivity index (χ1n) is 6.20. The van der Waals surface area contributed by atoms with Crippen molar-refractivity contribution < 1.29 is 8.81 Å². The molecule has 0 unspecified atom stereocenters. The van der Waals surface area contributed by atoms with Crippen molar-refractivity contribution in [1.82, 2.24) is 9.78 Å². The number of rotatable bonds is 3. The van der Waals surface area contributed by atoms with Crippen LogP contribution < -0.4 is 5.56 Å². The molecule has 0 fully saturated rings. The zero-order chi connectivity index (χ0) is 14.8. The van der Waals surface area contributed by atoms with Crippen LogP contribution in [0.3, 0.4) is 0 Å². The highest BCUT2D eigenvalue weighted by Gasteiger charge is 2.11. The monoisotopic (exact) mass is 304 g/mol. The first kappa shape index (κ1) is 13.6. The van der Waals surface area contributed by atoms with Crippen LogP contribution in [0.15, 0.2) is 57.9 Å². The number of hydrogen-bond acceptors (Lipinski definition) is 3. The number of halogens is 2. The smallest absolute Gasteiger partial charge is 0.267 e. The fourth-order valence-electron chi connectivity index (χ4n) is 1.95. The lowest BCUT2D eigenvalue weighted by Gasteiger charge is -2.08. The first-order chi connectivity index (χ1) is 10.1. The van der Waals surface area contributed by atoms with Gasteiger partial charge in [-0.2, -0.15) is 5.10 Å². The zero-order valence-corrected chi connectivity index (χ0v) is 11.5. The standard InChI is InChI=1S/C15H10ClFN2O2/c16-11-3-1-4-12(17)10(11)9-19-15(20)7-6-13(18-19)14-5-2-8-21-14/h1-8H,9H2. The van der Waals surface area contributed by atoms with E-state index in [1.54, 1.807) is 24.3 Å². The summed E-state index contributed by atoms with van der Waals surface area (Å²) in [5, 5.41) is 4.43. The minimum Gasteiger partial charge on any atom is -0.463 e. The van der Waals surface area contributed by atoms with E-state index in [0.717, 1.165) is 4.68 Å². The molecule has 21 heavy (non-hydrogen) atoms. The van der Waals surface area contributed by atoms with Gasteiger partial charge in [0.25, 0.3) is 5.56 Å². The van der Waals surface area contributed by atoms with Crippen molar-refractivity contribution in [3.05, 3.63) is 75.5 Å². The van der Waals surface area contributed by atoms with E-state index in [0.29, 0.717) is 11.5 Å².